The van der Waals surface area contributed by atoms with Crippen molar-refractivity contribution in [3.05, 3.63) is 58.8 Å². The second kappa shape index (κ2) is 10.1. The number of ketones is 1. The highest BCUT2D eigenvalue weighted by Crippen LogP contribution is 2.23. The summed E-state index contributed by atoms with van der Waals surface area (Å²) >= 11 is 0. The lowest BCUT2D eigenvalue weighted by Gasteiger charge is -2.33. The molecule has 2 heterocycles. The van der Waals surface area contributed by atoms with E-state index in [-0.39, 0.29) is 24.5 Å². The Morgan fingerprint density at radius 3 is 2.48 bits per heavy atom. The summed E-state index contributed by atoms with van der Waals surface area (Å²) in [4.78, 5) is 33.9. The van der Waals surface area contributed by atoms with Gasteiger partial charge in [-0.05, 0) is 61.6 Å². The molecule has 1 aliphatic heterocycles. The van der Waals surface area contributed by atoms with Gasteiger partial charge in [-0.25, -0.2) is 4.98 Å². The maximum Gasteiger partial charge on any atom is 0.220 e. The first-order chi connectivity index (χ1) is 15.1. The molecule has 1 amide bonds. The van der Waals surface area contributed by atoms with Gasteiger partial charge in [0, 0.05) is 57.3 Å². The van der Waals surface area contributed by atoms with Gasteiger partial charge in [0.1, 0.15) is 5.82 Å². The minimum atomic E-state index is -0.102. The summed E-state index contributed by atoms with van der Waals surface area (Å²) in [6, 6.07) is 10.1. The molecule has 2 aliphatic rings. The van der Waals surface area contributed by atoms with E-state index in [1.54, 1.807) is 0 Å². The first-order valence-electron chi connectivity index (χ1n) is 11.4. The van der Waals surface area contributed by atoms with Crippen LogP contribution >= 0.6 is 0 Å². The smallest absolute Gasteiger partial charge is 0.220 e. The number of carbonyl (C=O) groups is 2. The summed E-state index contributed by atoms with van der Waals surface area (Å²) in [6.45, 7) is 4.49. The van der Waals surface area contributed by atoms with E-state index in [0.29, 0.717) is 6.54 Å². The molecule has 1 N–H and O–H groups in total. The number of rotatable bonds is 7. The van der Waals surface area contributed by atoms with Crippen molar-refractivity contribution in [2.24, 2.45) is 0 Å². The maximum atomic E-state index is 12.5. The van der Waals surface area contributed by atoms with Crippen LogP contribution in [0.3, 0.4) is 0 Å². The molecule has 164 valence electrons. The van der Waals surface area contributed by atoms with Crippen LogP contribution in [0.2, 0.25) is 0 Å². The molecule has 1 aliphatic carbocycles. The van der Waals surface area contributed by atoms with Crippen LogP contribution < -0.4 is 10.2 Å². The van der Waals surface area contributed by atoms with Crippen molar-refractivity contribution in [2.45, 2.75) is 45.1 Å². The number of hydrogen-bond acceptors (Lipinski definition) is 5. The number of hydrogen-bond donors (Lipinski definition) is 1. The van der Waals surface area contributed by atoms with Gasteiger partial charge in [0.2, 0.25) is 5.91 Å². The fourth-order valence-electron chi connectivity index (χ4n) is 4.31. The number of Topliss-reactive ketones (excluding diaryl/α,β-unsaturated/α-hetero) is 1. The Labute approximate surface area is 184 Å². The summed E-state index contributed by atoms with van der Waals surface area (Å²) in [7, 11) is 2.14. The van der Waals surface area contributed by atoms with Gasteiger partial charge in [-0.1, -0.05) is 18.2 Å². The van der Waals surface area contributed by atoms with Gasteiger partial charge in [0.05, 0.1) is 0 Å². The van der Waals surface area contributed by atoms with Gasteiger partial charge in [-0.15, -0.1) is 0 Å². The summed E-state index contributed by atoms with van der Waals surface area (Å²) < 4.78 is 0. The van der Waals surface area contributed by atoms with Crippen LogP contribution in [-0.4, -0.2) is 54.8 Å². The standard InChI is InChI=1S/C25H32N4O2/c1-28-12-14-29(15-13-28)24-10-6-19(17-26-24)18-27-25(31)11-9-23(30)22-8-7-20-4-2-3-5-21(20)16-22/h6-8,10,16-17H,2-5,9,11-15,18H2,1H3,(H,27,31). The lowest BCUT2D eigenvalue weighted by Crippen LogP contribution is -2.44. The van der Waals surface area contributed by atoms with Crippen molar-refractivity contribution in [1.29, 1.82) is 0 Å². The van der Waals surface area contributed by atoms with Crippen LogP contribution in [0.5, 0.6) is 0 Å². The number of aromatic nitrogens is 1. The molecule has 0 unspecified atom stereocenters. The van der Waals surface area contributed by atoms with Crippen LogP contribution in [0.4, 0.5) is 5.82 Å². The molecule has 6 nitrogen and oxygen atoms in total. The first-order valence-corrected chi connectivity index (χ1v) is 11.4. The lowest BCUT2D eigenvalue weighted by atomic mass is 9.89. The third kappa shape index (κ3) is 5.70. The Balaban J connectivity index is 1.22. The van der Waals surface area contributed by atoms with Crippen LogP contribution in [0.15, 0.2) is 36.5 Å². The van der Waals surface area contributed by atoms with Gasteiger partial charge in [0.15, 0.2) is 5.78 Å². The van der Waals surface area contributed by atoms with Crippen molar-refractivity contribution < 1.29 is 9.59 Å². The quantitative estimate of drug-likeness (QED) is 0.698. The van der Waals surface area contributed by atoms with E-state index in [0.717, 1.165) is 56.0 Å². The zero-order valence-electron chi connectivity index (χ0n) is 18.4. The predicted molar refractivity (Wildman–Crippen MR) is 122 cm³/mol. The molecule has 1 fully saturated rings. The van der Waals surface area contributed by atoms with Crippen molar-refractivity contribution in [2.75, 3.05) is 38.1 Å². The topological polar surface area (TPSA) is 65.5 Å². The van der Waals surface area contributed by atoms with Gasteiger partial charge < -0.3 is 15.1 Å². The molecule has 6 heteroatoms. The fraction of sp³-hybridized carbons (Fsp3) is 0.480. The number of benzene rings is 1. The Hall–Kier alpha value is -2.73. The molecule has 0 spiro atoms. The zero-order valence-corrected chi connectivity index (χ0v) is 18.4. The van der Waals surface area contributed by atoms with E-state index in [2.05, 4.69) is 33.2 Å². The summed E-state index contributed by atoms with van der Waals surface area (Å²) in [5.41, 5.74) is 4.37. The fourth-order valence-corrected chi connectivity index (χ4v) is 4.31. The summed E-state index contributed by atoms with van der Waals surface area (Å²) in [5.74, 6) is 0.926. The highest BCUT2D eigenvalue weighted by atomic mass is 16.2. The summed E-state index contributed by atoms with van der Waals surface area (Å²) in [6.07, 6.45) is 6.86. The number of piperazine rings is 1. The molecule has 31 heavy (non-hydrogen) atoms. The van der Waals surface area contributed by atoms with Crippen molar-refractivity contribution in [1.82, 2.24) is 15.2 Å². The number of pyridine rings is 1. The third-order valence-corrected chi connectivity index (χ3v) is 6.38. The zero-order chi connectivity index (χ0) is 21.6. The van der Waals surface area contributed by atoms with E-state index < -0.39 is 0 Å². The monoisotopic (exact) mass is 420 g/mol. The Kier molecular flexibility index (Phi) is 6.97. The second-order valence-corrected chi connectivity index (χ2v) is 8.71. The number of anilines is 1. The number of carbonyl (C=O) groups excluding carboxylic acids is 2. The van der Waals surface area contributed by atoms with Gasteiger partial charge >= 0.3 is 0 Å². The van der Waals surface area contributed by atoms with E-state index in [1.807, 2.05) is 30.5 Å². The minimum Gasteiger partial charge on any atom is -0.354 e. The molecule has 4 rings (SSSR count). The largest absolute Gasteiger partial charge is 0.354 e. The van der Waals surface area contributed by atoms with Crippen molar-refractivity contribution in [3.8, 4) is 0 Å². The summed E-state index contributed by atoms with van der Waals surface area (Å²) in [5, 5.41) is 2.91. The Bertz CT molecular complexity index is 918. The average molecular weight is 421 g/mol. The molecule has 1 saturated heterocycles. The van der Waals surface area contributed by atoms with E-state index in [1.165, 1.54) is 24.0 Å². The van der Waals surface area contributed by atoms with E-state index in [9.17, 15) is 9.59 Å². The third-order valence-electron chi connectivity index (χ3n) is 6.38. The van der Waals surface area contributed by atoms with Gasteiger partial charge in [-0.3, -0.25) is 9.59 Å². The molecule has 1 aromatic heterocycles. The van der Waals surface area contributed by atoms with Crippen LogP contribution in [0, 0.1) is 0 Å². The molecular weight excluding hydrogens is 388 g/mol. The van der Waals surface area contributed by atoms with Crippen LogP contribution in [0.1, 0.15) is 52.7 Å². The first kappa shape index (κ1) is 21.5. The molecule has 0 atom stereocenters. The number of fused-ring (bicyclic) bond motifs is 1. The molecule has 1 aromatic carbocycles. The maximum absolute atomic E-state index is 12.5. The SMILES string of the molecule is CN1CCN(c2ccc(CNC(=O)CCC(=O)c3ccc4c(c3)CCCC4)cn2)CC1. The van der Waals surface area contributed by atoms with E-state index in [4.69, 9.17) is 0 Å². The number of aryl methyl sites for hydroxylation is 2. The van der Waals surface area contributed by atoms with Gasteiger partial charge in [-0.2, -0.15) is 0 Å². The molecule has 0 saturated carbocycles. The molecular formula is C25H32N4O2. The molecule has 0 radical (unpaired) electrons. The second-order valence-electron chi connectivity index (χ2n) is 8.71. The average Bonchev–Trinajstić information content (AvgIpc) is 2.81. The van der Waals surface area contributed by atoms with E-state index >= 15 is 0 Å². The number of nitrogens with zero attached hydrogens (tertiary/aromatic N) is 3. The molecule has 2 aromatic rings. The van der Waals surface area contributed by atoms with Gasteiger partial charge in [0.25, 0.3) is 0 Å². The van der Waals surface area contributed by atoms with Crippen LogP contribution in [-0.2, 0) is 24.2 Å². The highest BCUT2D eigenvalue weighted by Gasteiger charge is 2.16. The van der Waals surface area contributed by atoms with Crippen LogP contribution in [0.25, 0.3) is 0 Å². The van der Waals surface area contributed by atoms with Crippen molar-refractivity contribution >= 4 is 17.5 Å². The minimum absolute atomic E-state index is 0.0433. The number of amides is 1. The Morgan fingerprint density at radius 1 is 0.968 bits per heavy atom. The molecule has 0 bridgehead atoms. The predicted octanol–water partition coefficient (Wildman–Crippen LogP) is 2.99. The Morgan fingerprint density at radius 2 is 1.74 bits per heavy atom. The number of nitrogens with one attached hydrogen (secondary N) is 1. The van der Waals surface area contributed by atoms with Crippen molar-refractivity contribution in [3.63, 3.8) is 0 Å². The number of likely N-dealkylation sites (N-methyl/N-ethyl adjacent to an activating group) is 1. The highest BCUT2D eigenvalue weighted by molar-refractivity contribution is 5.98. The lowest BCUT2D eigenvalue weighted by molar-refractivity contribution is -0.121. The normalized spacial score (nSPS) is 16.6.